The Kier molecular flexibility index (Phi) is 5.09. The van der Waals surface area contributed by atoms with Gasteiger partial charge in [0.15, 0.2) is 0 Å². The van der Waals surface area contributed by atoms with Crippen molar-refractivity contribution in [2.24, 2.45) is 0 Å². The zero-order chi connectivity index (χ0) is 11.3. The molecule has 0 aliphatic rings. The van der Waals surface area contributed by atoms with Crippen molar-refractivity contribution in [1.82, 2.24) is 5.32 Å². The van der Waals surface area contributed by atoms with Gasteiger partial charge in [0.05, 0.1) is 12.6 Å². The first-order chi connectivity index (χ1) is 7.19. The lowest BCUT2D eigenvalue weighted by atomic mass is 10.1. The molecule has 0 bridgehead atoms. The van der Waals surface area contributed by atoms with Crippen molar-refractivity contribution in [1.29, 1.82) is 0 Å². The quantitative estimate of drug-likeness (QED) is 0.811. The third kappa shape index (κ3) is 3.49. The fraction of sp³-hybridized carbons (Fsp3) is 0.500. The maximum atomic E-state index is 9.33. The molecule has 0 amide bonds. The van der Waals surface area contributed by atoms with E-state index in [-0.39, 0.29) is 12.6 Å². The highest BCUT2D eigenvalue weighted by Gasteiger charge is 2.14. The molecule has 2 nitrogen and oxygen atoms in total. The predicted octanol–water partition coefficient (Wildman–Crippen LogP) is 2.76. The van der Waals surface area contributed by atoms with E-state index in [1.165, 1.54) is 0 Å². The van der Waals surface area contributed by atoms with Crippen LogP contribution in [-0.2, 0) is 0 Å². The minimum absolute atomic E-state index is 0.0636. The summed E-state index contributed by atoms with van der Waals surface area (Å²) in [5, 5.41) is 13.4. The predicted molar refractivity (Wildman–Crippen MR) is 64.2 cm³/mol. The Morgan fingerprint density at radius 1 is 1.40 bits per heavy atom. The molecule has 1 rings (SSSR count). The van der Waals surface area contributed by atoms with E-state index in [1.54, 1.807) is 0 Å². The molecule has 0 radical (unpaired) electrons. The third-order valence-electron chi connectivity index (χ3n) is 2.56. The Labute approximate surface area is 96.3 Å². The fourth-order valence-corrected chi connectivity index (χ4v) is 1.73. The summed E-state index contributed by atoms with van der Waals surface area (Å²) in [5.41, 5.74) is 0.960. The second-order valence-electron chi connectivity index (χ2n) is 3.73. The summed E-state index contributed by atoms with van der Waals surface area (Å²) in [4.78, 5) is 0. The van der Waals surface area contributed by atoms with E-state index in [0.29, 0.717) is 11.1 Å². The van der Waals surface area contributed by atoms with Crippen LogP contribution in [0.25, 0.3) is 0 Å². The normalized spacial score (nSPS) is 14.9. The molecule has 0 fully saturated rings. The number of nitrogens with one attached hydrogen (secondary N) is 1. The molecule has 0 saturated carbocycles. The summed E-state index contributed by atoms with van der Waals surface area (Å²) in [6, 6.07) is 7.91. The molecular formula is C12H18ClNO. The molecule has 15 heavy (non-hydrogen) atoms. The van der Waals surface area contributed by atoms with E-state index >= 15 is 0 Å². The van der Waals surface area contributed by atoms with Crippen LogP contribution in [0.1, 0.15) is 31.9 Å². The van der Waals surface area contributed by atoms with Gasteiger partial charge in [-0.15, -0.1) is 0 Å². The number of benzene rings is 1. The summed E-state index contributed by atoms with van der Waals surface area (Å²) < 4.78 is 0. The molecule has 0 aliphatic carbocycles. The molecule has 1 aromatic carbocycles. The Morgan fingerprint density at radius 3 is 2.60 bits per heavy atom. The van der Waals surface area contributed by atoms with Gasteiger partial charge in [0.2, 0.25) is 0 Å². The van der Waals surface area contributed by atoms with Gasteiger partial charge in [0.1, 0.15) is 0 Å². The number of aliphatic hydroxyl groups is 1. The van der Waals surface area contributed by atoms with Crippen molar-refractivity contribution in [2.45, 2.75) is 32.4 Å². The summed E-state index contributed by atoms with van der Waals surface area (Å²) in [5.74, 6) is 0. The van der Waals surface area contributed by atoms with Gasteiger partial charge < -0.3 is 10.4 Å². The van der Waals surface area contributed by atoms with Crippen LogP contribution >= 0.6 is 11.6 Å². The van der Waals surface area contributed by atoms with Crippen LogP contribution in [0.3, 0.4) is 0 Å². The second kappa shape index (κ2) is 6.11. The van der Waals surface area contributed by atoms with Crippen molar-refractivity contribution < 1.29 is 5.11 Å². The molecule has 3 heteroatoms. The number of hydrogen-bond donors (Lipinski definition) is 2. The molecule has 0 saturated heterocycles. The summed E-state index contributed by atoms with van der Waals surface area (Å²) in [6.07, 6.45) is 1.03. The Bertz CT molecular complexity index is 303. The number of halogens is 1. The zero-order valence-corrected chi connectivity index (χ0v) is 9.96. The van der Waals surface area contributed by atoms with Gasteiger partial charge in [-0.25, -0.2) is 0 Å². The highest BCUT2D eigenvalue weighted by Crippen LogP contribution is 2.22. The SMILES string of the molecule is CCC(C)NC(CO)c1ccccc1Cl. The molecule has 1 aromatic rings. The molecule has 0 spiro atoms. The van der Waals surface area contributed by atoms with Crippen LogP contribution in [0.5, 0.6) is 0 Å². The molecule has 84 valence electrons. The Morgan fingerprint density at radius 2 is 2.07 bits per heavy atom. The van der Waals surface area contributed by atoms with Gasteiger partial charge in [0.25, 0.3) is 0 Å². The van der Waals surface area contributed by atoms with Gasteiger partial charge in [0, 0.05) is 11.1 Å². The van der Waals surface area contributed by atoms with Crippen LogP contribution in [-0.4, -0.2) is 17.8 Å². The largest absolute Gasteiger partial charge is 0.394 e. The topological polar surface area (TPSA) is 32.3 Å². The Balaban J connectivity index is 2.78. The number of aliphatic hydroxyl groups excluding tert-OH is 1. The van der Waals surface area contributed by atoms with Gasteiger partial charge in [-0.2, -0.15) is 0 Å². The first kappa shape index (κ1) is 12.5. The summed E-state index contributed by atoms with van der Waals surface area (Å²) in [7, 11) is 0. The maximum absolute atomic E-state index is 9.33. The molecule has 0 aromatic heterocycles. The van der Waals surface area contributed by atoms with E-state index in [0.717, 1.165) is 12.0 Å². The lowest BCUT2D eigenvalue weighted by Gasteiger charge is -2.21. The molecular weight excluding hydrogens is 210 g/mol. The van der Waals surface area contributed by atoms with Gasteiger partial charge in [-0.05, 0) is 25.0 Å². The second-order valence-corrected chi connectivity index (χ2v) is 4.14. The van der Waals surface area contributed by atoms with E-state index < -0.39 is 0 Å². The maximum Gasteiger partial charge on any atom is 0.0627 e. The summed E-state index contributed by atoms with van der Waals surface area (Å²) >= 11 is 6.07. The third-order valence-corrected chi connectivity index (χ3v) is 2.91. The van der Waals surface area contributed by atoms with Gasteiger partial charge >= 0.3 is 0 Å². The van der Waals surface area contributed by atoms with Gasteiger partial charge in [-0.1, -0.05) is 36.7 Å². The van der Waals surface area contributed by atoms with Crippen molar-refractivity contribution >= 4 is 11.6 Å². The van der Waals surface area contributed by atoms with Crippen LogP contribution in [0.15, 0.2) is 24.3 Å². The Hall–Kier alpha value is -0.570. The van der Waals surface area contributed by atoms with Crippen molar-refractivity contribution in [3.63, 3.8) is 0 Å². The van der Waals surface area contributed by atoms with E-state index in [2.05, 4.69) is 19.2 Å². The monoisotopic (exact) mass is 227 g/mol. The molecule has 0 aliphatic heterocycles. The van der Waals surface area contributed by atoms with E-state index in [4.69, 9.17) is 11.6 Å². The van der Waals surface area contributed by atoms with Gasteiger partial charge in [-0.3, -0.25) is 0 Å². The molecule has 2 atom stereocenters. The van der Waals surface area contributed by atoms with Crippen LogP contribution in [0.2, 0.25) is 5.02 Å². The lowest BCUT2D eigenvalue weighted by molar-refractivity contribution is 0.234. The highest BCUT2D eigenvalue weighted by atomic mass is 35.5. The first-order valence-electron chi connectivity index (χ1n) is 5.30. The molecule has 0 heterocycles. The van der Waals surface area contributed by atoms with Crippen LogP contribution in [0, 0.1) is 0 Å². The van der Waals surface area contributed by atoms with Crippen LogP contribution < -0.4 is 5.32 Å². The highest BCUT2D eigenvalue weighted by molar-refractivity contribution is 6.31. The van der Waals surface area contributed by atoms with Crippen molar-refractivity contribution in [3.05, 3.63) is 34.9 Å². The average Bonchev–Trinajstić information content (AvgIpc) is 2.26. The number of hydrogen-bond acceptors (Lipinski definition) is 2. The minimum Gasteiger partial charge on any atom is -0.394 e. The standard InChI is InChI=1S/C12H18ClNO/c1-3-9(2)14-12(8-15)10-6-4-5-7-11(10)13/h4-7,9,12,14-15H,3,8H2,1-2H3. The van der Waals surface area contributed by atoms with E-state index in [9.17, 15) is 5.11 Å². The minimum atomic E-state index is -0.0753. The fourth-order valence-electron chi connectivity index (χ4n) is 1.46. The van der Waals surface area contributed by atoms with Crippen molar-refractivity contribution in [3.8, 4) is 0 Å². The molecule has 2 N–H and O–H groups in total. The zero-order valence-electron chi connectivity index (χ0n) is 9.20. The number of rotatable bonds is 5. The van der Waals surface area contributed by atoms with Crippen molar-refractivity contribution in [2.75, 3.05) is 6.61 Å². The van der Waals surface area contributed by atoms with E-state index in [1.807, 2.05) is 24.3 Å². The smallest absolute Gasteiger partial charge is 0.0627 e. The molecule has 2 unspecified atom stereocenters. The average molecular weight is 228 g/mol. The van der Waals surface area contributed by atoms with Crippen LogP contribution in [0.4, 0.5) is 0 Å². The lowest BCUT2D eigenvalue weighted by Crippen LogP contribution is -2.32. The first-order valence-corrected chi connectivity index (χ1v) is 5.68. The summed E-state index contributed by atoms with van der Waals surface area (Å²) in [6.45, 7) is 4.27.